The summed E-state index contributed by atoms with van der Waals surface area (Å²) < 4.78 is 14.9. The highest BCUT2D eigenvalue weighted by Gasteiger charge is 2.21. The molecule has 2 aromatic carbocycles. The monoisotopic (exact) mass is 390 g/mol. The van der Waals surface area contributed by atoms with Crippen LogP contribution in [-0.2, 0) is 0 Å². The molecule has 0 atom stereocenters. The number of nitrogens with zero attached hydrogens (tertiary/aromatic N) is 3. The van der Waals surface area contributed by atoms with E-state index in [1.807, 2.05) is 35.2 Å². The van der Waals surface area contributed by atoms with Crippen LogP contribution in [0.1, 0.15) is 36.0 Å². The van der Waals surface area contributed by atoms with Gasteiger partial charge >= 0.3 is 0 Å². The lowest BCUT2D eigenvalue weighted by atomic mass is 9.97. The van der Waals surface area contributed by atoms with E-state index in [1.165, 1.54) is 18.5 Å². The van der Waals surface area contributed by atoms with Crippen molar-refractivity contribution in [2.24, 2.45) is 0 Å². The van der Waals surface area contributed by atoms with Gasteiger partial charge in [0.15, 0.2) is 0 Å². The maximum atomic E-state index is 14.9. The minimum Gasteiger partial charge on any atom is -0.382 e. The predicted molar refractivity (Wildman–Crippen MR) is 112 cm³/mol. The number of aromatic nitrogens is 2. The smallest absolute Gasteiger partial charge is 0.254 e. The largest absolute Gasteiger partial charge is 0.382 e. The van der Waals surface area contributed by atoms with Crippen LogP contribution in [0.5, 0.6) is 0 Å². The molecule has 4 rings (SSSR count). The second kappa shape index (κ2) is 8.39. The van der Waals surface area contributed by atoms with Gasteiger partial charge in [-0.15, -0.1) is 0 Å². The number of halogens is 1. The van der Waals surface area contributed by atoms with E-state index < -0.39 is 5.82 Å². The Kier molecular flexibility index (Phi) is 5.51. The summed E-state index contributed by atoms with van der Waals surface area (Å²) in [5, 5.41) is 0. The number of amides is 1. The van der Waals surface area contributed by atoms with Gasteiger partial charge in [0.2, 0.25) is 0 Å². The van der Waals surface area contributed by atoms with E-state index in [-0.39, 0.29) is 11.7 Å². The molecule has 29 heavy (non-hydrogen) atoms. The quantitative estimate of drug-likeness (QED) is 0.712. The van der Waals surface area contributed by atoms with Gasteiger partial charge in [-0.3, -0.25) is 9.78 Å². The molecule has 148 valence electrons. The Balaban J connectivity index is 1.67. The number of benzene rings is 2. The number of nitrogen functional groups attached to an aromatic ring is 1. The highest BCUT2D eigenvalue weighted by Crippen LogP contribution is 2.30. The van der Waals surface area contributed by atoms with Crippen molar-refractivity contribution in [3.8, 4) is 22.4 Å². The Morgan fingerprint density at radius 3 is 2.38 bits per heavy atom. The Morgan fingerprint density at radius 1 is 0.931 bits per heavy atom. The zero-order valence-corrected chi connectivity index (χ0v) is 16.1. The first kappa shape index (κ1) is 19.1. The van der Waals surface area contributed by atoms with Crippen molar-refractivity contribution in [1.82, 2.24) is 14.9 Å². The van der Waals surface area contributed by atoms with Crippen molar-refractivity contribution in [1.29, 1.82) is 0 Å². The highest BCUT2D eigenvalue weighted by atomic mass is 19.1. The lowest BCUT2D eigenvalue weighted by Gasteiger charge is -2.22. The summed E-state index contributed by atoms with van der Waals surface area (Å²) in [5.74, 6) is -0.123. The molecular formula is C23H23FN4O. The maximum absolute atomic E-state index is 14.9. The fourth-order valence-electron chi connectivity index (χ4n) is 3.73. The van der Waals surface area contributed by atoms with Gasteiger partial charge in [0.05, 0.1) is 18.1 Å². The Bertz CT molecular complexity index is 1010. The Labute approximate surface area is 169 Å². The maximum Gasteiger partial charge on any atom is 0.254 e. The first-order valence-corrected chi connectivity index (χ1v) is 9.89. The van der Waals surface area contributed by atoms with Crippen molar-refractivity contribution in [2.45, 2.75) is 25.7 Å². The summed E-state index contributed by atoms with van der Waals surface area (Å²) in [5.41, 5.74) is 8.31. The van der Waals surface area contributed by atoms with Crippen LogP contribution in [0.4, 0.5) is 10.2 Å². The fraction of sp³-hybridized carbons (Fsp3) is 0.261. The molecule has 1 aromatic heterocycles. The fourth-order valence-corrected chi connectivity index (χ4v) is 3.73. The van der Waals surface area contributed by atoms with E-state index >= 15 is 0 Å². The first-order valence-electron chi connectivity index (χ1n) is 9.89. The van der Waals surface area contributed by atoms with Gasteiger partial charge < -0.3 is 10.6 Å². The number of nitrogens with two attached hydrogens (primary N) is 1. The molecule has 0 bridgehead atoms. The van der Waals surface area contributed by atoms with Crippen LogP contribution < -0.4 is 5.73 Å². The Morgan fingerprint density at radius 2 is 1.69 bits per heavy atom. The molecule has 0 spiro atoms. The lowest BCUT2D eigenvalue weighted by molar-refractivity contribution is 0.0762. The molecule has 1 aliphatic rings. The van der Waals surface area contributed by atoms with Crippen LogP contribution >= 0.6 is 0 Å². The molecule has 2 N–H and O–H groups in total. The minimum atomic E-state index is -0.418. The van der Waals surface area contributed by atoms with Gasteiger partial charge in [0.25, 0.3) is 5.91 Å². The molecule has 5 nitrogen and oxygen atoms in total. The third kappa shape index (κ3) is 4.11. The average molecular weight is 390 g/mol. The van der Waals surface area contributed by atoms with Gasteiger partial charge in [-0.25, -0.2) is 9.37 Å². The number of carbonyl (C=O) groups is 1. The summed E-state index contributed by atoms with van der Waals surface area (Å²) in [4.78, 5) is 23.2. The van der Waals surface area contributed by atoms with Crippen LogP contribution in [0.2, 0.25) is 0 Å². The van der Waals surface area contributed by atoms with E-state index in [0.29, 0.717) is 22.4 Å². The molecule has 0 aliphatic carbocycles. The van der Waals surface area contributed by atoms with Gasteiger partial charge in [-0.1, -0.05) is 37.1 Å². The van der Waals surface area contributed by atoms with Crippen molar-refractivity contribution in [3.63, 3.8) is 0 Å². The third-order valence-corrected chi connectivity index (χ3v) is 5.28. The number of carbonyl (C=O) groups excluding carboxylic acids is 1. The molecule has 1 fully saturated rings. The van der Waals surface area contributed by atoms with E-state index in [4.69, 9.17) is 5.73 Å². The number of anilines is 1. The standard InChI is InChI=1S/C23H23FN4O/c24-20-13-16(9-10-19(20)21-14-27-22(25)15-26-21)17-7-3-4-8-18(17)23(29)28-11-5-1-2-6-12-28/h3-4,7-10,13-15H,1-2,5-6,11-12H2,(H2,25,27). The third-order valence-electron chi connectivity index (χ3n) is 5.28. The lowest BCUT2D eigenvalue weighted by Crippen LogP contribution is -2.32. The van der Waals surface area contributed by atoms with E-state index in [9.17, 15) is 9.18 Å². The van der Waals surface area contributed by atoms with Crippen LogP contribution in [-0.4, -0.2) is 33.9 Å². The van der Waals surface area contributed by atoms with Crippen LogP contribution in [0.3, 0.4) is 0 Å². The SMILES string of the molecule is Nc1cnc(-c2ccc(-c3ccccc3C(=O)N3CCCCCC3)cc2F)cn1. The molecule has 0 unspecified atom stereocenters. The second-order valence-corrected chi connectivity index (χ2v) is 7.27. The molecule has 1 amide bonds. The second-order valence-electron chi connectivity index (χ2n) is 7.27. The summed E-state index contributed by atoms with van der Waals surface area (Å²) in [6.07, 6.45) is 7.22. The van der Waals surface area contributed by atoms with Crippen molar-refractivity contribution >= 4 is 11.7 Å². The van der Waals surface area contributed by atoms with Crippen molar-refractivity contribution in [3.05, 3.63) is 66.2 Å². The van der Waals surface area contributed by atoms with Crippen molar-refractivity contribution < 1.29 is 9.18 Å². The van der Waals surface area contributed by atoms with Crippen LogP contribution in [0, 0.1) is 5.82 Å². The number of rotatable bonds is 3. The average Bonchev–Trinajstić information content (AvgIpc) is 3.03. The molecule has 1 saturated heterocycles. The molecule has 1 aliphatic heterocycles. The van der Waals surface area contributed by atoms with E-state index in [0.717, 1.165) is 44.3 Å². The summed E-state index contributed by atoms with van der Waals surface area (Å²) in [7, 11) is 0. The summed E-state index contributed by atoms with van der Waals surface area (Å²) in [6.45, 7) is 1.55. The zero-order valence-electron chi connectivity index (χ0n) is 16.1. The van der Waals surface area contributed by atoms with Gasteiger partial charge in [0, 0.05) is 24.2 Å². The van der Waals surface area contributed by atoms with Crippen LogP contribution in [0.15, 0.2) is 54.9 Å². The predicted octanol–water partition coefficient (Wildman–Crippen LogP) is 4.55. The molecule has 2 heterocycles. The van der Waals surface area contributed by atoms with Gasteiger partial charge in [-0.2, -0.15) is 0 Å². The summed E-state index contributed by atoms with van der Waals surface area (Å²) >= 11 is 0. The summed E-state index contributed by atoms with van der Waals surface area (Å²) in [6, 6.07) is 12.3. The zero-order chi connectivity index (χ0) is 20.2. The number of hydrogen-bond acceptors (Lipinski definition) is 4. The first-order chi connectivity index (χ1) is 14.1. The van der Waals surface area contributed by atoms with Crippen LogP contribution in [0.25, 0.3) is 22.4 Å². The molecule has 6 heteroatoms. The number of likely N-dealkylation sites (tertiary alicyclic amines) is 1. The highest BCUT2D eigenvalue weighted by molar-refractivity contribution is 6.01. The van der Waals surface area contributed by atoms with Gasteiger partial charge in [0.1, 0.15) is 11.6 Å². The molecular weight excluding hydrogens is 367 g/mol. The molecule has 3 aromatic rings. The number of hydrogen-bond donors (Lipinski definition) is 1. The van der Waals surface area contributed by atoms with Gasteiger partial charge in [-0.05, 0) is 42.2 Å². The van der Waals surface area contributed by atoms with Crippen molar-refractivity contribution in [2.75, 3.05) is 18.8 Å². The molecule has 0 saturated carbocycles. The minimum absolute atomic E-state index is 0.0105. The van der Waals surface area contributed by atoms with E-state index in [1.54, 1.807) is 6.07 Å². The Hall–Kier alpha value is -3.28. The molecule has 0 radical (unpaired) electrons. The van der Waals surface area contributed by atoms with E-state index in [2.05, 4.69) is 9.97 Å². The topological polar surface area (TPSA) is 72.1 Å². The normalized spacial score (nSPS) is 14.4.